The Hall–Kier alpha value is -2.30. The average molecular weight is 290 g/mol. The maximum atomic E-state index is 12.2. The van der Waals surface area contributed by atoms with E-state index in [2.05, 4.69) is 6.58 Å². The topological polar surface area (TPSA) is 60.9 Å². The van der Waals surface area contributed by atoms with Gasteiger partial charge in [-0.05, 0) is 25.0 Å². The smallest absolute Gasteiger partial charge is 0.335 e. The van der Waals surface area contributed by atoms with Gasteiger partial charge in [-0.25, -0.2) is 9.59 Å². The van der Waals surface area contributed by atoms with Gasteiger partial charge in [-0.2, -0.15) is 0 Å². The summed E-state index contributed by atoms with van der Waals surface area (Å²) < 4.78 is 0. The molecule has 0 aliphatic carbocycles. The van der Waals surface area contributed by atoms with E-state index in [0.717, 1.165) is 5.56 Å². The van der Waals surface area contributed by atoms with Gasteiger partial charge in [0, 0.05) is 26.7 Å². The largest absolute Gasteiger partial charge is 0.478 e. The Morgan fingerprint density at radius 2 is 2.00 bits per heavy atom. The van der Waals surface area contributed by atoms with E-state index in [0.29, 0.717) is 26.1 Å². The van der Waals surface area contributed by atoms with Crippen LogP contribution in [0.25, 0.3) is 0 Å². The Balaban J connectivity index is 2.68. The number of rotatable bonds is 7. The summed E-state index contributed by atoms with van der Waals surface area (Å²) in [7, 11) is 1.72. The van der Waals surface area contributed by atoms with Gasteiger partial charge in [0.15, 0.2) is 0 Å². The summed E-state index contributed by atoms with van der Waals surface area (Å²) in [4.78, 5) is 26.6. The lowest BCUT2D eigenvalue weighted by atomic mass is 10.0. The second-order valence-corrected chi connectivity index (χ2v) is 4.74. The first-order chi connectivity index (χ1) is 10.0. The molecule has 0 saturated heterocycles. The van der Waals surface area contributed by atoms with Crippen molar-refractivity contribution in [1.82, 2.24) is 9.80 Å². The molecule has 0 aliphatic heterocycles. The van der Waals surface area contributed by atoms with Gasteiger partial charge in [0.05, 0.1) is 5.56 Å². The molecule has 1 aromatic rings. The fraction of sp³-hybridized carbons (Fsp3) is 0.375. The van der Waals surface area contributed by atoms with Gasteiger partial charge in [0.2, 0.25) is 0 Å². The van der Waals surface area contributed by atoms with Crippen molar-refractivity contribution in [3.05, 3.63) is 48.0 Å². The zero-order valence-electron chi connectivity index (χ0n) is 12.6. The Kier molecular flexibility index (Phi) is 6.46. The van der Waals surface area contributed by atoms with E-state index >= 15 is 0 Å². The minimum Gasteiger partial charge on any atom is -0.478 e. The highest BCUT2D eigenvalue weighted by Gasteiger charge is 2.16. The molecule has 0 spiro atoms. The number of carboxylic acids is 1. The van der Waals surface area contributed by atoms with Crippen molar-refractivity contribution in [2.24, 2.45) is 0 Å². The number of hydrogen-bond acceptors (Lipinski definition) is 2. The van der Waals surface area contributed by atoms with Crippen molar-refractivity contribution in [1.29, 1.82) is 0 Å². The third-order valence-corrected chi connectivity index (χ3v) is 3.29. The molecule has 0 fully saturated rings. The molecule has 1 aromatic carbocycles. The van der Waals surface area contributed by atoms with Gasteiger partial charge in [-0.3, -0.25) is 0 Å². The van der Waals surface area contributed by atoms with Crippen LogP contribution in [0.15, 0.2) is 36.9 Å². The lowest BCUT2D eigenvalue weighted by Gasteiger charge is -2.26. The second-order valence-electron chi connectivity index (χ2n) is 4.74. The number of carbonyl (C=O) groups excluding carboxylic acids is 1. The zero-order chi connectivity index (χ0) is 15.8. The van der Waals surface area contributed by atoms with Crippen molar-refractivity contribution in [3.8, 4) is 0 Å². The van der Waals surface area contributed by atoms with Crippen LogP contribution in [0.1, 0.15) is 22.8 Å². The van der Waals surface area contributed by atoms with Gasteiger partial charge in [-0.1, -0.05) is 24.3 Å². The number of nitrogens with zero attached hydrogens (tertiary/aromatic N) is 2. The monoisotopic (exact) mass is 290 g/mol. The number of likely N-dealkylation sites (N-methyl/N-ethyl adjacent to an activating group) is 2. The molecule has 0 saturated carbocycles. The molecule has 0 aromatic heterocycles. The molecule has 0 bridgehead atoms. The van der Waals surface area contributed by atoms with E-state index in [1.165, 1.54) is 0 Å². The number of carboxylic acid groups (broad SMARTS) is 1. The normalized spacial score (nSPS) is 10.0. The number of benzene rings is 1. The Morgan fingerprint density at radius 3 is 2.57 bits per heavy atom. The van der Waals surface area contributed by atoms with Gasteiger partial charge in [0.25, 0.3) is 0 Å². The molecule has 0 unspecified atom stereocenters. The van der Waals surface area contributed by atoms with Gasteiger partial charge < -0.3 is 14.9 Å². The summed E-state index contributed by atoms with van der Waals surface area (Å²) in [5.41, 5.74) is 1.02. The van der Waals surface area contributed by atoms with Crippen LogP contribution in [0.4, 0.5) is 4.79 Å². The van der Waals surface area contributed by atoms with E-state index in [-0.39, 0.29) is 11.6 Å². The highest BCUT2D eigenvalue weighted by atomic mass is 16.4. The van der Waals surface area contributed by atoms with E-state index in [1.807, 2.05) is 6.92 Å². The minimum atomic E-state index is -0.943. The van der Waals surface area contributed by atoms with Crippen molar-refractivity contribution in [2.75, 3.05) is 26.7 Å². The number of urea groups is 1. The molecule has 0 atom stereocenters. The quantitative estimate of drug-likeness (QED) is 0.785. The molecule has 1 rings (SSSR count). The number of carbonyl (C=O) groups is 2. The summed E-state index contributed by atoms with van der Waals surface area (Å²) in [5.74, 6) is -0.943. The fourth-order valence-electron chi connectivity index (χ4n) is 2.07. The molecule has 5 heteroatoms. The van der Waals surface area contributed by atoms with Crippen LogP contribution in [0.2, 0.25) is 0 Å². The highest BCUT2D eigenvalue weighted by molar-refractivity contribution is 5.89. The number of aromatic carboxylic acids is 1. The molecule has 5 nitrogen and oxygen atoms in total. The van der Waals surface area contributed by atoms with Crippen molar-refractivity contribution >= 4 is 12.0 Å². The molecular weight excluding hydrogens is 268 g/mol. The third kappa shape index (κ3) is 4.63. The predicted molar refractivity (Wildman–Crippen MR) is 82.6 cm³/mol. The number of hydrogen-bond donors (Lipinski definition) is 1. The molecule has 0 aliphatic rings. The van der Waals surface area contributed by atoms with Gasteiger partial charge in [-0.15, -0.1) is 6.58 Å². The lowest BCUT2D eigenvalue weighted by Crippen LogP contribution is -2.42. The number of amides is 2. The van der Waals surface area contributed by atoms with Crippen molar-refractivity contribution in [3.63, 3.8) is 0 Å². The molecular formula is C16H22N2O3. The summed E-state index contributed by atoms with van der Waals surface area (Å²) in [6, 6.07) is 6.79. The van der Waals surface area contributed by atoms with Crippen LogP contribution in [0.5, 0.6) is 0 Å². The van der Waals surface area contributed by atoms with Gasteiger partial charge in [0.1, 0.15) is 0 Å². The van der Waals surface area contributed by atoms with Crippen molar-refractivity contribution < 1.29 is 14.7 Å². The Bertz CT molecular complexity index is 514. The zero-order valence-corrected chi connectivity index (χ0v) is 12.6. The van der Waals surface area contributed by atoms with E-state index < -0.39 is 5.97 Å². The molecule has 0 radical (unpaired) electrons. The minimum absolute atomic E-state index is 0.0785. The molecule has 1 N–H and O–H groups in total. The Labute approximate surface area is 125 Å². The maximum Gasteiger partial charge on any atom is 0.335 e. The molecule has 2 amide bonds. The molecule has 0 heterocycles. The second kappa shape index (κ2) is 8.09. The first-order valence-corrected chi connectivity index (χ1v) is 6.93. The molecule has 114 valence electrons. The van der Waals surface area contributed by atoms with E-state index in [9.17, 15) is 9.59 Å². The summed E-state index contributed by atoms with van der Waals surface area (Å²) in [6.07, 6.45) is 2.20. The van der Waals surface area contributed by atoms with Crippen LogP contribution in [-0.4, -0.2) is 53.6 Å². The Morgan fingerprint density at radius 1 is 1.33 bits per heavy atom. The fourth-order valence-corrected chi connectivity index (χ4v) is 2.07. The van der Waals surface area contributed by atoms with Crippen LogP contribution in [0.3, 0.4) is 0 Å². The SMILES string of the molecule is C=CCN(CC)C(=O)N(C)CCc1ccccc1C(=O)O. The van der Waals surface area contributed by atoms with Crippen LogP contribution in [-0.2, 0) is 6.42 Å². The van der Waals surface area contributed by atoms with E-state index in [1.54, 1.807) is 47.2 Å². The molecule has 21 heavy (non-hydrogen) atoms. The maximum absolute atomic E-state index is 12.2. The standard InChI is InChI=1S/C16H22N2O3/c1-4-11-18(5-2)16(21)17(3)12-10-13-8-6-7-9-14(13)15(19)20/h4,6-9H,1,5,10-12H2,2-3H3,(H,19,20). The first-order valence-electron chi connectivity index (χ1n) is 6.93. The first kappa shape index (κ1) is 16.8. The van der Waals surface area contributed by atoms with Crippen LogP contribution in [0, 0.1) is 0 Å². The lowest BCUT2D eigenvalue weighted by molar-refractivity contribution is 0.0695. The summed E-state index contributed by atoms with van der Waals surface area (Å²) in [6.45, 7) is 7.14. The summed E-state index contributed by atoms with van der Waals surface area (Å²) >= 11 is 0. The predicted octanol–water partition coefficient (Wildman–Crippen LogP) is 2.49. The van der Waals surface area contributed by atoms with Crippen molar-refractivity contribution in [2.45, 2.75) is 13.3 Å². The van der Waals surface area contributed by atoms with Crippen LogP contribution < -0.4 is 0 Å². The van der Waals surface area contributed by atoms with E-state index in [4.69, 9.17) is 5.11 Å². The average Bonchev–Trinajstić information content (AvgIpc) is 2.49. The van der Waals surface area contributed by atoms with Crippen LogP contribution >= 0.6 is 0 Å². The third-order valence-electron chi connectivity index (χ3n) is 3.29. The highest BCUT2D eigenvalue weighted by Crippen LogP contribution is 2.10. The van der Waals surface area contributed by atoms with Gasteiger partial charge >= 0.3 is 12.0 Å². The summed E-state index contributed by atoms with van der Waals surface area (Å²) in [5, 5.41) is 9.14.